The number of nitrogens with one attached hydrogen (secondary N) is 1. The molecule has 2 atom stereocenters. The third-order valence-corrected chi connectivity index (χ3v) is 13.8. The van der Waals surface area contributed by atoms with E-state index in [9.17, 15) is 18.0 Å². The summed E-state index contributed by atoms with van der Waals surface area (Å²) in [6.07, 6.45) is -0.159. The second-order valence-electron chi connectivity index (χ2n) is 12.9. The van der Waals surface area contributed by atoms with Crippen molar-refractivity contribution in [3.8, 4) is 17.0 Å². The SMILES string of the molecule is CCN(C(=O)N[C@H](CCOCCO[Si](C)(C)C(C)(C)C)CCC(F)(F)F)[C@H](C)c1cc(-c2cc3ccnn3c(SC)n2)c(OC)cn1. The number of pyridine rings is 1. The minimum atomic E-state index is -4.34. The minimum Gasteiger partial charge on any atom is -0.494 e. The highest BCUT2D eigenvalue weighted by Gasteiger charge is 2.37. The fourth-order valence-electron chi connectivity index (χ4n) is 4.76. The van der Waals surface area contributed by atoms with Gasteiger partial charge in [0.2, 0.25) is 0 Å². The molecule has 0 spiro atoms. The Morgan fingerprint density at radius 1 is 1.15 bits per heavy atom. The Morgan fingerprint density at radius 2 is 1.87 bits per heavy atom. The van der Waals surface area contributed by atoms with Gasteiger partial charge in [-0.15, -0.1) is 0 Å². The second kappa shape index (κ2) is 16.5. The molecule has 15 heteroatoms. The number of hydrogen-bond donors (Lipinski definition) is 1. The smallest absolute Gasteiger partial charge is 0.389 e. The molecular weight excluding hydrogens is 650 g/mol. The Balaban J connectivity index is 1.73. The van der Waals surface area contributed by atoms with Gasteiger partial charge in [0.05, 0.1) is 55.7 Å². The monoisotopic (exact) mass is 698 g/mol. The van der Waals surface area contributed by atoms with Crippen LogP contribution in [0.15, 0.2) is 35.7 Å². The lowest BCUT2D eigenvalue weighted by Crippen LogP contribution is -2.46. The van der Waals surface area contributed by atoms with E-state index in [0.717, 1.165) is 5.52 Å². The van der Waals surface area contributed by atoms with Crippen LogP contribution in [-0.2, 0) is 9.16 Å². The summed E-state index contributed by atoms with van der Waals surface area (Å²) in [5, 5.41) is 7.92. The molecule has 47 heavy (non-hydrogen) atoms. The highest BCUT2D eigenvalue weighted by molar-refractivity contribution is 7.98. The van der Waals surface area contributed by atoms with Crippen LogP contribution in [0.5, 0.6) is 5.75 Å². The van der Waals surface area contributed by atoms with Crippen molar-refractivity contribution >= 4 is 31.6 Å². The molecule has 0 bridgehead atoms. The zero-order chi connectivity index (χ0) is 35.0. The molecule has 2 amide bonds. The molecule has 262 valence electrons. The number of carbonyl (C=O) groups excluding carboxylic acids is 1. The largest absolute Gasteiger partial charge is 0.494 e. The maximum absolute atomic E-state index is 13.5. The van der Waals surface area contributed by atoms with E-state index in [4.69, 9.17) is 18.9 Å². The van der Waals surface area contributed by atoms with Gasteiger partial charge in [-0.05, 0) is 69.3 Å². The number of rotatable bonds is 16. The molecule has 0 radical (unpaired) electrons. The Bertz CT molecular complexity index is 1470. The summed E-state index contributed by atoms with van der Waals surface area (Å²) < 4.78 is 58.7. The number of urea groups is 1. The average molecular weight is 699 g/mol. The van der Waals surface area contributed by atoms with Crippen LogP contribution in [0, 0.1) is 0 Å². The quantitative estimate of drug-likeness (QED) is 0.0701. The first-order valence-corrected chi connectivity index (χ1v) is 19.9. The number of halogens is 3. The van der Waals surface area contributed by atoms with Crippen molar-refractivity contribution in [2.75, 3.05) is 39.7 Å². The molecular formula is C32H49F3N6O4SSi. The summed E-state index contributed by atoms with van der Waals surface area (Å²) in [4.78, 5) is 24.4. The first kappa shape index (κ1) is 38.6. The summed E-state index contributed by atoms with van der Waals surface area (Å²) in [7, 11) is -0.377. The van der Waals surface area contributed by atoms with E-state index in [0.29, 0.717) is 47.6 Å². The van der Waals surface area contributed by atoms with Crippen LogP contribution < -0.4 is 10.1 Å². The van der Waals surface area contributed by atoms with Crippen LogP contribution >= 0.6 is 11.8 Å². The number of thioether (sulfide) groups is 1. The molecule has 3 rings (SSSR count). The normalized spacial score (nSPS) is 13.9. The van der Waals surface area contributed by atoms with Crippen molar-refractivity contribution in [1.82, 2.24) is 29.8 Å². The molecule has 3 aromatic rings. The molecule has 3 aromatic heterocycles. The lowest BCUT2D eigenvalue weighted by molar-refractivity contribution is -0.136. The fourth-order valence-corrected chi connectivity index (χ4v) is 6.30. The van der Waals surface area contributed by atoms with Crippen molar-refractivity contribution < 1.29 is 31.9 Å². The number of methoxy groups -OCH3 is 1. The fraction of sp³-hybridized carbons (Fsp3) is 0.625. The van der Waals surface area contributed by atoms with Crippen molar-refractivity contribution in [2.45, 2.75) is 95.4 Å². The Morgan fingerprint density at radius 3 is 2.49 bits per heavy atom. The Hall–Kier alpha value is -2.88. The van der Waals surface area contributed by atoms with Crippen molar-refractivity contribution in [1.29, 1.82) is 0 Å². The van der Waals surface area contributed by atoms with Gasteiger partial charge in [-0.3, -0.25) is 4.98 Å². The molecule has 0 unspecified atom stereocenters. The zero-order valence-electron chi connectivity index (χ0n) is 28.9. The van der Waals surface area contributed by atoms with Gasteiger partial charge >= 0.3 is 12.2 Å². The standard InChI is InChI=1S/C32H49F3N6O4SSi/c1-10-40(29(42)38-23(11-14-32(33,34)35)13-16-44-17-18-45-47(8,9)31(3,4)5)22(2)26-20-25(28(43-6)21-36-26)27-19-24-12-15-37-41(24)30(39-27)46-7/h12,15,19-23H,10-11,13-14,16-18H2,1-9H3,(H,38,42)/t22-,23+/m1/s1. The van der Waals surface area contributed by atoms with Gasteiger partial charge in [-0.1, -0.05) is 32.5 Å². The molecule has 1 N–H and O–H groups in total. The molecule has 10 nitrogen and oxygen atoms in total. The van der Waals surface area contributed by atoms with E-state index in [-0.39, 0.29) is 24.5 Å². The van der Waals surface area contributed by atoms with E-state index >= 15 is 0 Å². The van der Waals surface area contributed by atoms with E-state index in [1.54, 1.807) is 28.9 Å². The molecule has 0 aliphatic carbocycles. The first-order valence-electron chi connectivity index (χ1n) is 15.8. The zero-order valence-corrected chi connectivity index (χ0v) is 30.7. The van der Waals surface area contributed by atoms with Crippen LogP contribution in [-0.4, -0.2) is 90.8 Å². The molecule has 0 fully saturated rings. The van der Waals surface area contributed by atoms with Gasteiger partial charge in [0.1, 0.15) is 5.75 Å². The van der Waals surface area contributed by atoms with E-state index < -0.39 is 39.0 Å². The van der Waals surface area contributed by atoms with Gasteiger partial charge in [0, 0.05) is 31.2 Å². The molecule has 0 aromatic carbocycles. The number of carbonyl (C=O) groups is 1. The van der Waals surface area contributed by atoms with Crippen LogP contribution in [0.25, 0.3) is 16.8 Å². The lowest BCUT2D eigenvalue weighted by Gasteiger charge is -2.36. The number of aromatic nitrogens is 4. The van der Waals surface area contributed by atoms with Crippen LogP contribution in [0.2, 0.25) is 18.1 Å². The summed E-state index contributed by atoms with van der Waals surface area (Å²) in [5.74, 6) is 0.513. The Labute approximate surface area is 281 Å². The highest BCUT2D eigenvalue weighted by Crippen LogP contribution is 2.36. The predicted molar refractivity (Wildman–Crippen MR) is 182 cm³/mol. The molecule has 3 heterocycles. The maximum Gasteiger partial charge on any atom is 0.389 e. The number of hydrogen-bond acceptors (Lipinski definition) is 8. The first-order chi connectivity index (χ1) is 22.0. The topological polar surface area (TPSA) is 103 Å². The second-order valence-corrected chi connectivity index (χ2v) is 18.5. The average Bonchev–Trinajstić information content (AvgIpc) is 3.48. The van der Waals surface area contributed by atoms with E-state index in [1.165, 1.54) is 11.8 Å². The lowest BCUT2D eigenvalue weighted by atomic mass is 10.1. The van der Waals surface area contributed by atoms with Crippen LogP contribution in [0.4, 0.5) is 18.0 Å². The van der Waals surface area contributed by atoms with Crippen molar-refractivity contribution in [2.24, 2.45) is 0 Å². The number of amides is 2. The minimum absolute atomic E-state index is 0.0642. The van der Waals surface area contributed by atoms with Gasteiger partial charge in [-0.2, -0.15) is 18.3 Å². The number of ether oxygens (including phenoxy) is 2. The van der Waals surface area contributed by atoms with Gasteiger partial charge in [-0.25, -0.2) is 14.3 Å². The summed E-state index contributed by atoms with van der Waals surface area (Å²) in [6.45, 7) is 15.6. The van der Waals surface area contributed by atoms with E-state index in [1.807, 2.05) is 38.3 Å². The number of fused-ring (bicyclic) bond motifs is 1. The Kier molecular flexibility index (Phi) is 13.5. The third-order valence-electron chi connectivity index (χ3n) is 8.63. The van der Waals surface area contributed by atoms with Crippen LogP contribution in [0.3, 0.4) is 0 Å². The molecule has 0 aliphatic heterocycles. The molecule has 0 saturated heterocycles. The summed E-state index contributed by atoms with van der Waals surface area (Å²) in [5.41, 5.74) is 2.79. The molecule has 0 aliphatic rings. The predicted octanol–water partition coefficient (Wildman–Crippen LogP) is 7.75. The van der Waals surface area contributed by atoms with Crippen molar-refractivity contribution in [3.05, 3.63) is 36.3 Å². The highest BCUT2D eigenvalue weighted by atomic mass is 32.2. The third kappa shape index (κ3) is 10.6. The van der Waals surface area contributed by atoms with E-state index in [2.05, 4.69) is 49.3 Å². The number of nitrogens with zero attached hydrogens (tertiary/aromatic N) is 5. The maximum atomic E-state index is 13.5. The van der Waals surface area contributed by atoms with Gasteiger partial charge < -0.3 is 24.1 Å². The summed E-state index contributed by atoms with van der Waals surface area (Å²) in [6, 6.07) is 3.90. The van der Waals surface area contributed by atoms with Gasteiger partial charge in [0.25, 0.3) is 0 Å². The molecule has 0 saturated carbocycles. The number of alkyl halides is 3. The van der Waals surface area contributed by atoms with Crippen LogP contribution in [0.1, 0.15) is 65.6 Å². The van der Waals surface area contributed by atoms with Gasteiger partial charge in [0.15, 0.2) is 13.5 Å². The summed E-state index contributed by atoms with van der Waals surface area (Å²) >= 11 is 1.46. The van der Waals surface area contributed by atoms with Crippen molar-refractivity contribution in [3.63, 3.8) is 0 Å².